The van der Waals surface area contributed by atoms with E-state index in [2.05, 4.69) is 24.8 Å². The Labute approximate surface area is 70.1 Å². The fourth-order valence-corrected chi connectivity index (χ4v) is 6.78. The van der Waals surface area contributed by atoms with E-state index >= 15 is 0 Å². The first-order valence-electron chi connectivity index (χ1n) is 3.37. The van der Waals surface area contributed by atoms with Crippen molar-refractivity contribution in [2.75, 3.05) is 6.61 Å². The van der Waals surface area contributed by atoms with Crippen LogP contribution in [0.2, 0.25) is 0 Å². The second-order valence-corrected chi connectivity index (χ2v) is 12.1. The quantitative estimate of drug-likeness (QED) is 0.642. The lowest BCUT2D eigenvalue weighted by atomic mass is 10.3. The van der Waals surface area contributed by atoms with Crippen LogP contribution in [0.25, 0.3) is 0 Å². The van der Waals surface area contributed by atoms with Crippen LogP contribution in [0.15, 0.2) is 0 Å². The number of hydrogen-bond acceptors (Lipinski definition) is 1. The lowest BCUT2D eigenvalue weighted by molar-refractivity contribution is 0.127. The van der Waals surface area contributed by atoms with Crippen molar-refractivity contribution < 1.29 is 4.74 Å². The van der Waals surface area contributed by atoms with E-state index in [9.17, 15) is 0 Å². The zero-order valence-corrected chi connectivity index (χ0v) is 10.3. The van der Waals surface area contributed by atoms with Crippen LogP contribution < -0.4 is 0 Å². The molecule has 60 valence electrons. The van der Waals surface area contributed by atoms with Gasteiger partial charge in [-0.1, -0.05) is 15.3 Å². The number of ether oxygens (including phenoxy) is 1. The Morgan fingerprint density at radius 2 is 2.40 bits per heavy atom. The van der Waals surface area contributed by atoms with Gasteiger partial charge in [0.1, 0.15) is 0 Å². The first-order valence-corrected chi connectivity index (χ1v) is 10.1. The standard InChI is InChI=1S/C5H14OP4/c1-4-5(2-3-6-4)10(8)9-7/h4-5,9H,2-3,7-8H2,1H3/t4-,5+,10?/m1/s1. The van der Waals surface area contributed by atoms with Crippen LogP contribution in [0.4, 0.5) is 0 Å². The minimum Gasteiger partial charge on any atom is -0.378 e. The summed E-state index contributed by atoms with van der Waals surface area (Å²) in [5, 5.41) is 0. The average molecular weight is 214 g/mol. The van der Waals surface area contributed by atoms with Gasteiger partial charge in [-0.3, -0.25) is 0 Å². The van der Waals surface area contributed by atoms with Crippen LogP contribution in [0.3, 0.4) is 0 Å². The summed E-state index contributed by atoms with van der Waals surface area (Å²) in [6, 6.07) is 0. The molecule has 10 heavy (non-hydrogen) atoms. The van der Waals surface area contributed by atoms with Crippen molar-refractivity contribution in [3.05, 3.63) is 0 Å². The van der Waals surface area contributed by atoms with Crippen molar-refractivity contribution in [3.8, 4) is 0 Å². The normalized spacial score (nSPS) is 37.5. The molecular formula is C5H14OP4. The van der Waals surface area contributed by atoms with Crippen LogP contribution in [0, 0.1) is 0 Å². The molecule has 0 spiro atoms. The van der Waals surface area contributed by atoms with E-state index < -0.39 is 0 Å². The summed E-state index contributed by atoms with van der Waals surface area (Å²) in [5.74, 6) is 0. The molecule has 1 rings (SSSR count). The van der Waals surface area contributed by atoms with Gasteiger partial charge in [-0.25, -0.2) is 0 Å². The van der Waals surface area contributed by atoms with Gasteiger partial charge in [0.2, 0.25) is 0 Å². The Balaban J connectivity index is 2.38. The van der Waals surface area contributed by atoms with Crippen molar-refractivity contribution >= 4 is 33.1 Å². The molecule has 0 amide bonds. The molecule has 1 aliphatic rings. The highest BCUT2D eigenvalue weighted by molar-refractivity contribution is 8.61. The molecule has 1 fully saturated rings. The fourth-order valence-electron chi connectivity index (χ4n) is 1.18. The maximum atomic E-state index is 5.49. The first-order chi connectivity index (χ1) is 4.75. The number of rotatable bonds is 2. The van der Waals surface area contributed by atoms with E-state index in [-0.39, 0.29) is 7.30 Å². The summed E-state index contributed by atoms with van der Waals surface area (Å²) >= 11 is 0. The molecule has 0 aliphatic carbocycles. The smallest absolute Gasteiger partial charge is 0.0621 e. The molecule has 0 bridgehead atoms. The van der Waals surface area contributed by atoms with Crippen molar-refractivity contribution in [1.29, 1.82) is 0 Å². The third-order valence-electron chi connectivity index (χ3n) is 1.84. The summed E-state index contributed by atoms with van der Waals surface area (Å²) in [7, 11) is 7.00. The van der Waals surface area contributed by atoms with Gasteiger partial charge in [0.15, 0.2) is 0 Å². The van der Waals surface area contributed by atoms with Gasteiger partial charge in [-0.05, 0) is 13.3 Å². The van der Waals surface area contributed by atoms with Gasteiger partial charge in [-0.2, -0.15) is 0 Å². The lowest BCUT2D eigenvalue weighted by Crippen LogP contribution is -2.11. The van der Waals surface area contributed by atoms with Gasteiger partial charge >= 0.3 is 0 Å². The highest BCUT2D eigenvalue weighted by Crippen LogP contribution is 2.71. The van der Waals surface area contributed by atoms with Gasteiger partial charge in [-0.15, -0.1) is 17.9 Å². The Kier molecular flexibility index (Phi) is 4.53. The maximum absolute atomic E-state index is 5.49. The van der Waals surface area contributed by atoms with Crippen molar-refractivity contribution in [2.24, 2.45) is 0 Å². The molecule has 6 atom stereocenters. The van der Waals surface area contributed by atoms with E-state index in [1.807, 2.05) is 0 Å². The van der Waals surface area contributed by atoms with E-state index in [4.69, 9.17) is 4.74 Å². The number of hydrogen-bond donors (Lipinski definition) is 0. The van der Waals surface area contributed by atoms with Gasteiger partial charge < -0.3 is 4.74 Å². The predicted octanol–water partition coefficient (Wildman–Crippen LogP) is 2.82. The van der Waals surface area contributed by atoms with Crippen molar-refractivity contribution in [1.82, 2.24) is 0 Å². The van der Waals surface area contributed by atoms with Gasteiger partial charge in [0.25, 0.3) is 0 Å². The Hall–Kier alpha value is 1.68. The van der Waals surface area contributed by atoms with Gasteiger partial charge in [0, 0.05) is 12.3 Å². The summed E-state index contributed by atoms with van der Waals surface area (Å²) in [6.07, 6.45) is 1.79. The van der Waals surface area contributed by atoms with E-state index in [0.717, 1.165) is 20.2 Å². The van der Waals surface area contributed by atoms with Crippen LogP contribution in [-0.2, 0) is 4.74 Å². The monoisotopic (exact) mass is 214 g/mol. The second kappa shape index (κ2) is 4.64. The Bertz CT molecular complexity index is 110. The third kappa shape index (κ3) is 2.33. The SMILES string of the molecule is C[C@H]1OCC[C@@H]1P(P)PP. The minimum absolute atomic E-state index is 0.164. The molecule has 0 aromatic rings. The molecule has 1 nitrogen and oxygen atoms in total. The summed E-state index contributed by atoms with van der Waals surface area (Å²) in [5.41, 5.74) is 0.843. The van der Waals surface area contributed by atoms with Gasteiger partial charge in [0.05, 0.1) is 6.10 Å². The van der Waals surface area contributed by atoms with E-state index in [1.165, 1.54) is 6.42 Å². The molecule has 0 aromatic heterocycles. The largest absolute Gasteiger partial charge is 0.378 e. The molecule has 0 aromatic carbocycles. The summed E-state index contributed by atoms with van der Waals surface area (Å²) < 4.78 is 5.49. The molecule has 4 unspecified atom stereocenters. The zero-order chi connectivity index (χ0) is 7.56. The molecular weight excluding hydrogens is 200 g/mol. The second-order valence-electron chi connectivity index (χ2n) is 2.47. The summed E-state index contributed by atoms with van der Waals surface area (Å²) in [4.78, 5) is 0. The molecule has 5 heteroatoms. The molecule has 0 N–H and O–H groups in total. The van der Waals surface area contributed by atoms with Crippen molar-refractivity contribution in [3.63, 3.8) is 0 Å². The fraction of sp³-hybridized carbons (Fsp3) is 1.00. The molecule has 1 saturated heterocycles. The topological polar surface area (TPSA) is 9.23 Å². The Morgan fingerprint density at radius 1 is 1.70 bits per heavy atom. The highest BCUT2D eigenvalue weighted by atomic mass is 32.6. The zero-order valence-electron chi connectivity index (χ0n) is 6.08. The maximum Gasteiger partial charge on any atom is 0.0621 e. The van der Waals surface area contributed by atoms with Crippen molar-refractivity contribution in [2.45, 2.75) is 25.1 Å². The molecule has 0 radical (unpaired) electrons. The van der Waals surface area contributed by atoms with E-state index in [1.54, 1.807) is 0 Å². The van der Waals surface area contributed by atoms with Crippen LogP contribution in [0.5, 0.6) is 0 Å². The molecule has 1 heterocycles. The van der Waals surface area contributed by atoms with Crippen LogP contribution in [0.1, 0.15) is 13.3 Å². The lowest BCUT2D eigenvalue weighted by Gasteiger charge is -2.20. The van der Waals surface area contributed by atoms with Crippen LogP contribution >= 0.6 is 33.1 Å². The predicted molar refractivity (Wildman–Crippen MR) is 58.5 cm³/mol. The first kappa shape index (κ1) is 9.77. The minimum atomic E-state index is 0.164. The van der Waals surface area contributed by atoms with E-state index in [0.29, 0.717) is 6.10 Å². The molecule has 0 saturated carbocycles. The highest BCUT2D eigenvalue weighted by Gasteiger charge is 2.28. The van der Waals surface area contributed by atoms with Crippen LogP contribution in [-0.4, -0.2) is 18.4 Å². The Morgan fingerprint density at radius 3 is 2.80 bits per heavy atom. The average Bonchev–Trinajstić information content (AvgIpc) is 2.34. The third-order valence-corrected chi connectivity index (χ3v) is 13.3. The molecule has 1 aliphatic heterocycles. The summed E-state index contributed by atoms with van der Waals surface area (Å²) in [6.45, 7) is 3.18.